The molecule has 5 heteroatoms. The zero-order chi connectivity index (χ0) is 19.6. The first-order chi connectivity index (χ1) is 12.9. The van der Waals surface area contributed by atoms with Crippen LogP contribution in [0, 0.1) is 0 Å². The van der Waals surface area contributed by atoms with Gasteiger partial charge < -0.3 is 25.2 Å². The zero-order valence-electron chi connectivity index (χ0n) is 15.7. The molecule has 2 aromatic rings. The molecule has 0 amide bonds. The molecule has 4 N–H and O–H groups in total. The van der Waals surface area contributed by atoms with Crippen molar-refractivity contribution >= 4 is 0 Å². The molecule has 0 saturated carbocycles. The number of hydrogen-bond donors (Lipinski definition) is 4. The van der Waals surface area contributed by atoms with Crippen LogP contribution in [0.25, 0.3) is 0 Å². The lowest BCUT2D eigenvalue weighted by atomic mass is 9.90. The minimum absolute atomic E-state index is 0.427. The Kier molecular flexibility index (Phi) is 6.29. The van der Waals surface area contributed by atoms with E-state index in [9.17, 15) is 20.4 Å². The molecule has 0 aliphatic carbocycles. The summed E-state index contributed by atoms with van der Waals surface area (Å²) in [4.78, 5) is 0. The lowest BCUT2D eigenvalue weighted by Crippen LogP contribution is -2.55. The van der Waals surface area contributed by atoms with Crippen LogP contribution in [0.15, 0.2) is 48.5 Å². The monoisotopic (exact) mass is 372 g/mol. The number of aliphatic hydroxyl groups is 4. The minimum atomic E-state index is -1.37. The van der Waals surface area contributed by atoms with Crippen molar-refractivity contribution in [3.63, 3.8) is 0 Å². The summed E-state index contributed by atoms with van der Waals surface area (Å²) in [6.07, 6.45) is -4.94. The molecule has 0 bridgehead atoms. The van der Waals surface area contributed by atoms with Crippen molar-refractivity contribution in [3.8, 4) is 0 Å². The van der Waals surface area contributed by atoms with E-state index in [-0.39, 0.29) is 0 Å². The van der Waals surface area contributed by atoms with Crippen LogP contribution in [0.1, 0.15) is 48.1 Å². The average Bonchev–Trinajstić information content (AvgIpc) is 2.67. The van der Waals surface area contributed by atoms with Crippen molar-refractivity contribution in [1.29, 1.82) is 0 Å². The Hall–Kier alpha value is -1.76. The Bertz CT molecular complexity index is 741. The third-order valence-electron chi connectivity index (χ3n) is 5.23. The summed E-state index contributed by atoms with van der Waals surface area (Å²) in [5.41, 5.74) is 4.25. The molecule has 1 fully saturated rings. The maximum Gasteiger partial charge on any atom is 0.113 e. The van der Waals surface area contributed by atoms with Crippen molar-refractivity contribution in [1.82, 2.24) is 0 Å². The lowest BCUT2D eigenvalue weighted by molar-refractivity contribution is -0.231. The first-order valence-electron chi connectivity index (χ1n) is 9.39. The molecular formula is C22H28O5. The molecule has 27 heavy (non-hydrogen) atoms. The smallest absolute Gasteiger partial charge is 0.113 e. The first kappa shape index (κ1) is 20.0. The van der Waals surface area contributed by atoms with Gasteiger partial charge in [0.25, 0.3) is 0 Å². The van der Waals surface area contributed by atoms with Crippen LogP contribution >= 0.6 is 0 Å². The Morgan fingerprint density at radius 3 is 2.22 bits per heavy atom. The molecule has 1 aliphatic heterocycles. The van der Waals surface area contributed by atoms with Gasteiger partial charge in [-0.1, -0.05) is 62.4 Å². The molecule has 0 aromatic heterocycles. The molecule has 1 saturated heterocycles. The molecule has 2 aromatic carbocycles. The van der Waals surface area contributed by atoms with Gasteiger partial charge in [-0.25, -0.2) is 0 Å². The Labute approximate surface area is 159 Å². The van der Waals surface area contributed by atoms with Gasteiger partial charge in [0.05, 0.1) is 6.61 Å². The normalized spacial score (nSPS) is 28.5. The van der Waals surface area contributed by atoms with Crippen LogP contribution in [0.5, 0.6) is 0 Å². The van der Waals surface area contributed by atoms with Crippen LogP contribution < -0.4 is 0 Å². The van der Waals surface area contributed by atoms with Gasteiger partial charge in [-0.2, -0.15) is 0 Å². The van der Waals surface area contributed by atoms with E-state index >= 15 is 0 Å². The Balaban J connectivity index is 1.78. The highest BCUT2D eigenvalue weighted by atomic mass is 16.5. The molecule has 0 radical (unpaired) electrons. The number of aliphatic hydroxyl groups excluding tert-OH is 4. The fraction of sp³-hybridized carbons (Fsp3) is 0.455. The summed E-state index contributed by atoms with van der Waals surface area (Å²) in [6.45, 7) is 3.90. The van der Waals surface area contributed by atoms with E-state index in [2.05, 4.69) is 38.1 Å². The molecule has 5 atom stereocenters. The van der Waals surface area contributed by atoms with E-state index in [0.29, 0.717) is 11.5 Å². The second-order valence-corrected chi connectivity index (χ2v) is 7.57. The van der Waals surface area contributed by atoms with E-state index < -0.39 is 37.1 Å². The summed E-state index contributed by atoms with van der Waals surface area (Å²) < 4.78 is 5.65. The predicted molar refractivity (Wildman–Crippen MR) is 102 cm³/mol. The van der Waals surface area contributed by atoms with Crippen molar-refractivity contribution in [2.24, 2.45) is 0 Å². The van der Waals surface area contributed by atoms with Crippen LogP contribution in [-0.4, -0.2) is 51.4 Å². The average molecular weight is 372 g/mol. The zero-order valence-corrected chi connectivity index (χ0v) is 15.7. The van der Waals surface area contributed by atoms with E-state index in [1.54, 1.807) is 0 Å². The van der Waals surface area contributed by atoms with Crippen molar-refractivity contribution < 1.29 is 25.2 Å². The van der Waals surface area contributed by atoms with Gasteiger partial charge in [-0.3, -0.25) is 0 Å². The number of rotatable bonds is 5. The summed E-state index contributed by atoms with van der Waals surface area (Å²) in [5, 5.41) is 39.6. The summed E-state index contributed by atoms with van der Waals surface area (Å²) >= 11 is 0. The van der Waals surface area contributed by atoms with Crippen LogP contribution in [0.4, 0.5) is 0 Å². The minimum Gasteiger partial charge on any atom is -0.394 e. The van der Waals surface area contributed by atoms with Gasteiger partial charge in [-0.05, 0) is 34.6 Å². The quantitative estimate of drug-likeness (QED) is 0.644. The molecule has 1 heterocycles. The highest BCUT2D eigenvalue weighted by molar-refractivity contribution is 5.33. The Morgan fingerprint density at radius 2 is 1.59 bits per heavy atom. The van der Waals surface area contributed by atoms with Gasteiger partial charge in [0.1, 0.15) is 30.5 Å². The maximum absolute atomic E-state index is 10.3. The lowest BCUT2D eigenvalue weighted by Gasteiger charge is -2.40. The van der Waals surface area contributed by atoms with Crippen molar-refractivity contribution in [2.45, 2.75) is 56.7 Å². The highest BCUT2D eigenvalue weighted by Crippen LogP contribution is 2.33. The van der Waals surface area contributed by atoms with E-state index in [4.69, 9.17) is 4.74 Å². The fourth-order valence-electron chi connectivity index (χ4n) is 3.51. The largest absolute Gasteiger partial charge is 0.394 e. The van der Waals surface area contributed by atoms with Gasteiger partial charge in [-0.15, -0.1) is 0 Å². The molecule has 3 rings (SSSR count). The van der Waals surface area contributed by atoms with Crippen molar-refractivity contribution in [3.05, 3.63) is 70.8 Å². The highest BCUT2D eigenvalue weighted by Gasteiger charge is 2.43. The summed E-state index contributed by atoms with van der Waals surface area (Å²) in [7, 11) is 0. The maximum atomic E-state index is 10.3. The second-order valence-electron chi connectivity index (χ2n) is 7.57. The van der Waals surface area contributed by atoms with Crippen LogP contribution in [0.3, 0.4) is 0 Å². The van der Waals surface area contributed by atoms with Crippen LogP contribution in [0.2, 0.25) is 0 Å². The SMILES string of the molecule is CC(C)c1ccc(Cc2cccc([C@@H]3O[C@H](CO)[C@@H](O)[C@H](O)[C@H]3O)c2)cc1. The molecule has 1 aliphatic rings. The third-order valence-corrected chi connectivity index (χ3v) is 5.23. The Morgan fingerprint density at radius 1 is 0.889 bits per heavy atom. The van der Waals surface area contributed by atoms with Crippen molar-refractivity contribution in [2.75, 3.05) is 6.61 Å². The number of ether oxygens (including phenoxy) is 1. The number of hydrogen-bond acceptors (Lipinski definition) is 5. The number of benzene rings is 2. The topological polar surface area (TPSA) is 90.2 Å². The second kappa shape index (κ2) is 8.50. The molecule has 0 spiro atoms. The van der Waals surface area contributed by atoms with E-state index in [0.717, 1.165) is 12.0 Å². The standard InChI is InChI=1S/C22H28O5/c1-13(2)16-8-6-14(7-9-16)10-15-4-3-5-17(11-15)22-21(26)20(25)19(24)18(12-23)27-22/h3-9,11,13,18-26H,10,12H2,1-2H3/t18-,19-,20+,21-,22+/m1/s1. The summed E-state index contributed by atoms with van der Waals surface area (Å²) in [6, 6.07) is 16.2. The van der Waals surface area contributed by atoms with Gasteiger partial charge in [0.15, 0.2) is 0 Å². The molecular weight excluding hydrogens is 344 g/mol. The van der Waals surface area contributed by atoms with Crippen LogP contribution in [-0.2, 0) is 11.2 Å². The van der Waals surface area contributed by atoms with E-state index in [1.165, 1.54) is 11.1 Å². The third kappa shape index (κ3) is 4.39. The van der Waals surface area contributed by atoms with Gasteiger partial charge in [0.2, 0.25) is 0 Å². The van der Waals surface area contributed by atoms with Gasteiger partial charge >= 0.3 is 0 Å². The predicted octanol–water partition coefficient (Wildman–Crippen LogP) is 1.92. The fourth-order valence-corrected chi connectivity index (χ4v) is 3.51. The van der Waals surface area contributed by atoms with E-state index in [1.807, 2.05) is 24.3 Å². The molecule has 5 nitrogen and oxygen atoms in total. The molecule has 0 unspecified atom stereocenters. The van der Waals surface area contributed by atoms with Gasteiger partial charge in [0, 0.05) is 0 Å². The first-order valence-corrected chi connectivity index (χ1v) is 9.39. The summed E-state index contributed by atoms with van der Waals surface area (Å²) in [5.74, 6) is 0.494. The molecule has 146 valence electrons.